The lowest BCUT2D eigenvalue weighted by atomic mass is 10.4. The number of hydrogen-bond donors (Lipinski definition) is 0. The Kier molecular flexibility index (Phi) is 18.0. The first-order valence-electron chi connectivity index (χ1n) is 16.3. The molecule has 6 nitrogen and oxygen atoms in total. The van der Waals surface area contributed by atoms with E-state index in [0.717, 1.165) is 0 Å². The minimum Gasteiger partial charge on any atom is -0.745 e. The summed E-state index contributed by atoms with van der Waals surface area (Å²) in [6.45, 7) is 0. The Bertz CT molecular complexity index is 1940. The molecule has 0 amide bonds. The highest BCUT2D eigenvalue weighted by Gasteiger charge is 2.45. The number of alkyl halides is 8. The second kappa shape index (κ2) is 21.9. The summed E-state index contributed by atoms with van der Waals surface area (Å²) < 4.78 is 145. The minimum absolute atomic E-state index is 0.0146. The average molecular weight is 889 g/mol. The van der Waals surface area contributed by atoms with Crippen LogP contribution in [0, 0.1) is 0 Å². The number of rotatable bonds is 8. The molecule has 0 aliphatic carbocycles. The topological polar surface area (TPSA) is 114 Å². The predicted octanol–water partition coefficient (Wildman–Crippen LogP) is 10.3. The highest BCUT2D eigenvalue weighted by Crippen LogP contribution is 2.32. The molecule has 0 aliphatic rings. The van der Waals surface area contributed by atoms with Gasteiger partial charge in [0.25, 0.3) is 11.0 Å². The molecule has 6 aromatic rings. The van der Waals surface area contributed by atoms with Crippen LogP contribution in [-0.2, 0) is 42.0 Å². The lowest BCUT2D eigenvalue weighted by molar-refractivity contribution is -0.158. The van der Waals surface area contributed by atoms with Crippen LogP contribution in [-0.4, -0.2) is 49.3 Å². The fourth-order valence-corrected chi connectivity index (χ4v) is 9.35. The fourth-order valence-electron chi connectivity index (χ4n) is 4.48. The van der Waals surface area contributed by atoms with Gasteiger partial charge in [0.05, 0.1) is 21.8 Å². The maximum Gasteiger partial charge on any atom is 0.433 e. The van der Waals surface area contributed by atoms with E-state index in [9.17, 15) is 61.1 Å². The van der Waals surface area contributed by atoms with E-state index in [4.69, 9.17) is 0 Å². The van der Waals surface area contributed by atoms with Crippen molar-refractivity contribution in [3.05, 3.63) is 182 Å². The molecule has 0 saturated carbocycles. The van der Waals surface area contributed by atoms with Gasteiger partial charge in [0.1, 0.15) is 20.2 Å². The summed E-state index contributed by atoms with van der Waals surface area (Å²) in [5.74, 6) is 0. The van der Waals surface area contributed by atoms with Crippen LogP contribution < -0.4 is 0 Å². The molecule has 18 heteroatoms. The van der Waals surface area contributed by atoms with Crippen molar-refractivity contribution in [2.24, 2.45) is 0 Å². The third kappa shape index (κ3) is 15.6. The van der Waals surface area contributed by atoms with E-state index in [-0.39, 0.29) is 21.8 Å². The predicted molar refractivity (Wildman–Crippen MR) is 204 cm³/mol. The molecule has 0 N–H and O–H groups in total. The molecule has 6 aromatic carbocycles. The third-order valence-electron chi connectivity index (χ3n) is 6.90. The van der Waals surface area contributed by atoms with Gasteiger partial charge < -0.3 is 9.11 Å². The quantitative estimate of drug-likeness (QED) is 0.0854. The van der Waals surface area contributed by atoms with Gasteiger partial charge in [-0.25, -0.2) is 25.6 Å². The molecule has 0 heterocycles. The minimum atomic E-state index is -5.90. The van der Waals surface area contributed by atoms with Gasteiger partial charge in [-0.3, -0.25) is 0 Å². The molecule has 0 radical (unpaired) electrons. The molecular weight excluding hydrogens is 857 g/mol. The smallest absolute Gasteiger partial charge is 0.433 e. The van der Waals surface area contributed by atoms with Crippen molar-refractivity contribution in [3.63, 3.8) is 0 Å². The van der Waals surface area contributed by atoms with E-state index in [1.165, 1.54) is 29.4 Å². The molecule has 308 valence electrons. The van der Waals surface area contributed by atoms with Gasteiger partial charge in [-0.05, 0) is 72.8 Å². The molecule has 0 fully saturated rings. The van der Waals surface area contributed by atoms with Crippen molar-refractivity contribution in [1.82, 2.24) is 0 Å². The summed E-state index contributed by atoms with van der Waals surface area (Å²) in [4.78, 5) is 8.17. The third-order valence-corrected chi connectivity index (χ3v) is 12.9. The van der Waals surface area contributed by atoms with Gasteiger partial charge in [0, 0.05) is 0 Å². The van der Waals surface area contributed by atoms with Crippen LogP contribution in [0.4, 0.5) is 35.1 Å². The standard InChI is InChI=1S/2C18H15S.2C2H2F4O3S/c2*1-4-10-16(11-5-1)19(17-12-6-2-7-13-17)18-14-8-3-9-15-18;2*3-1(2(4,5)6)10(7,8)9/h2*1-15H;2*1H,(H,7,8,9)/q2*+1;;/p-2. The van der Waals surface area contributed by atoms with Crippen molar-refractivity contribution in [2.45, 2.75) is 52.7 Å². The second-order valence-electron chi connectivity index (χ2n) is 11.2. The zero-order chi connectivity index (χ0) is 43.0. The summed E-state index contributed by atoms with van der Waals surface area (Å²) in [6, 6.07) is 64.3. The Morgan fingerprint density at radius 1 is 0.345 bits per heavy atom. The second-order valence-corrected chi connectivity index (χ2v) is 18.0. The van der Waals surface area contributed by atoms with E-state index in [2.05, 4.69) is 182 Å². The molecule has 2 atom stereocenters. The van der Waals surface area contributed by atoms with E-state index in [0.29, 0.717) is 0 Å². The maximum atomic E-state index is 11.4. The molecule has 0 spiro atoms. The number of benzene rings is 6. The first kappa shape index (κ1) is 47.7. The fraction of sp³-hybridized carbons (Fsp3) is 0.100. The number of halogens is 8. The van der Waals surface area contributed by atoms with Gasteiger partial charge in [-0.2, -0.15) is 26.3 Å². The van der Waals surface area contributed by atoms with Crippen LogP contribution in [0.5, 0.6) is 0 Å². The van der Waals surface area contributed by atoms with Gasteiger partial charge in [0.15, 0.2) is 29.4 Å². The van der Waals surface area contributed by atoms with Crippen LogP contribution in [0.15, 0.2) is 211 Å². The van der Waals surface area contributed by atoms with Crippen LogP contribution in [0.3, 0.4) is 0 Å². The Labute approximate surface area is 336 Å². The van der Waals surface area contributed by atoms with E-state index in [1.54, 1.807) is 0 Å². The van der Waals surface area contributed by atoms with E-state index in [1.807, 2.05) is 0 Å². The molecule has 0 aliphatic heterocycles. The van der Waals surface area contributed by atoms with Crippen molar-refractivity contribution in [1.29, 1.82) is 0 Å². The van der Waals surface area contributed by atoms with E-state index < -0.39 is 43.6 Å². The van der Waals surface area contributed by atoms with Gasteiger partial charge >= 0.3 is 12.4 Å². The zero-order valence-corrected chi connectivity index (χ0v) is 32.8. The summed E-state index contributed by atoms with van der Waals surface area (Å²) >= 11 is 0. The Morgan fingerprint density at radius 3 is 0.569 bits per heavy atom. The lowest BCUT2D eigenvalue weighted by Gasteiger charge is -2.14. The Hall–Kier alpha value is -4.72. The van der Waals surface area contributed by atoms with Crippen LogP contribution >= 0.6 is 0 Å². The number of hydrogen-bond acceptors (Lipinski definition) is 6. The highest BCUT2D eigenvalue weighted by atomic mass is 32.2. The molecule has 6 rings (SSSR count). The Morgan fingerprint density at radius 2 is 0.483 bits per heavy atom. The maximum absolute atomic E-state index is 11.4. The SMILES string of the molecule is O=S(=O)([O-])C(F)C(F)(F)F.O=S(=O)([O-])C(F)C(F)(F)F.c1ccc([S+](c2ccccc2)c2ccccc2)cc1.c1ccc([S+](c2ccccc2)c2ccccc2)cc1. The van der Waals surface area contributed by atoms with Gasteiger partial charge in [-0.15, -0.1) is 0 Å². The normalized spacial score (nSPS) is 12.8. The zero-order valence-electron chi connectivity index (χ0n) is 29.6. The molecule has 58 heavy (non-hydrogen) atoms. The average Bonchev–Trinajstić information content (AvgIpc) is 3.19. The largest absolute Gasteiger partial charge is 0.745 e. The summed E-state index contributed by atoms with van der Waals surface area (Å²) in [5, 5.41) is 0. The molecule has 0 saturated heterocycles. The van der Waals surface area contributed by atoms with Crippen molar-refractivity contribution >= 4 is 42.0 Å². The lowest BCUT2D eigenvalue weighted by Crippen LogP contribution is -2.32. The molecular formula is C40H32F8O6S4. The summed E-state index contributed by atoms with van der Waals surface area (Å²) in [5.41, 5.74) is -8.64. The van der Waals surface area contributed by atoms with Crippen molar-refractivity contribution in [3.8, 4) is 0 Å². The molecule has 0 aromatic heterocycles. The van der Waals surface area contributed by atoms with Crippen LogP contribution in [0.2, 0.25) is 0 Å². The van der Waals surface area contributed by atoms with Gasteiger partial charge in [0.2, 0.25) is 0 Å². The van der Waals surface area contributed by atoms with Crippen molar-refractivity contribution in [2.75, 3.05) is 0 Å². The first-order chi connectivity index (χ1) is 27.2. The molecule has 0 bridgehead atoms. The van der Waals surface area contributed by atoms with Crippen LogP contribution in [0.25, 0.3) is 0 Å². The summed E-state index contributed by atoms with van der Waals surface area (Å²) in [7, 11) is -11.8. The monoisotopic (exact) mass is 888 g/mol. The summed E-state index contributed by atoms with van der Waals surface area (Å²) in [6.07, 6.45) is -11.2. The van der Waals surface area contributed by atoms with E-state index >= 15 is 0 Å². The van der Waals surface area contributed by atoms with Crippen LogP contribution in [0.1, 0.15) is 0 Å². The first-order valence-corrected chi connectivity index (χ1v) is 21.7. The Balaban J connectivity index is 0.000000218. The van der Waals surface area contributed by atoms with Crippen molar-refractivity contribution < 1.29 is 61.1 Å². The molecule has 2 unspecified atom stereocenters. The van der Waals surface area contributed by atoms with Gasteiger partial charge in [-0.1, -0.05) is 109 Å². The highest BCUT2D eigenvalue weighted by molar-refractivity contribution is 7.97.